The van der Waals surface area contributed by atoms with Crippen molar-refractivity contribution in [3.05, 3.63) is 46.1 Å². The van der Waals surface area contributed by atoms with Crippen molar-refractivity contribution in [1.82, 2.24) is 19.5 Å². The molecule has 0 spiro atoms. The lowest BCUT2D eigenvalue weighted by atomic mass is 9.79. The smallest absolute Gasteiger partial charge is 0.423 e. The summed E-state index contributed by atoms with van der Waals surface area (Å²) in [7, 11) is 0.868. The van der Waals surface area contributed by atoms with Crippen LogP contribution in [0.25, 0.3) is 11.2 Å². The van der Waals surface area contributed by atoms with Crippen molar-refractivity contribution in [2.45, 2.75) is 31.6 Å². The van der Waals surface area contributed by atoms with Gasteiger partial charge in [0.1, 0.15) is 11.8 Å². The number of H-pyrrole nitrogens is 1. The Morgan fingerprint density at radius 3 is 2.97 bits per heavy atom. The van der Waals surface area contributed by atoms with Crippen LogP contribution in [0.3, 0.4) is 0 Å². The van der Waals surface area contributed by atoms with Crippen molar-refractivity contribution in [2.75, 3.05) is 12.1 Å². The zero-order chi connectivity index (χ0) is 20.1. The molecule has 1 saturated carbocycles. The molecular formula is C18H20BClN6O4. The predicted molar refractivity (Wildman–Crippen MR) is 115 cm³/mol. The molecule has 10 nitrogen and oxygen atoms in total. The Bertz CT molecular complexity index is 1180. The fraction of sp³-hybridized carbons (Fsp3) is 0.333. The summed E-state index contributed by atoms with van der Waals surface area (Å²) < 4.78 is 6.79. The van der Waals surface area contributed by atoms with Crippen LogP contribution in [0, 0.1) is 0 Å². The summed E-state index contributed by atoms with van der Waals surface area (Å²) in [4.78, 5) is 23.8. The average molecular weight is 431 g/mol. The van der Waals surface area contributed by atoms with Gasteiger partial charge in [-0.1, -0.05) is 12.1 Å². The summed E-state index contributed by atoms with van der Waals surface area (Å²) in [5.41, 5.74) is 3.29. The predicted octanol–water partition coefficient (Wildman–Crippen LogP) is -0.0748. The standard InChI is InChI=1S/C18H19BN6O4.ClH/c1-24(22-7-10-2-3-14-11(4-10)8-29-19(14)28)16-15-17(21-9-20-16)25(18(27)23-15)12-5-13(26)6-12;/h2-4,7,9,12-13,26,28H,5-6,8H2,1H3,(H,23,27);1H/b22-7+;. The fourth-order valence-corrected chi connectivity index (χ4v) is 3.82. The first kappa shape index (κ1) is 20.5. The van der Waals surface area contributed by atoms with Crippen LogP contribution in [-0.4, -0.2) is 56.1 Å². The van der Waals surface area contributed by atoms with Gasteiger partial charge < -0.3 is 19.8 Å². The van der Waals surface area contributed by atoms with Crippen LogP contribution in [0.2, 0.25) is 0 Å². The number of benzene rings is 1. The number of halogens is 1. The van der Waals surface area contributed by atoms with E-state index in [1.54, 1.807) is 22.8 Å². The van der Waals surface area contributed by atoms with Gasteiger partial charge in [-0.05, 0) is 35.5 Å². The number of anilines is 1. The maximum Gasteiger partial charge on any atom is 0.491 e. The van der Waals surface area contributed by atoms with E-state index in [4.69, 9.17) is 4.65 Å². The molecule has 1 aliphatic heterocycles. The lowest BCUT2D eigenvalue weighted by Gasteiger charge is -2.31. The van der Waals surface area contributed by atoms with Gasteiger partial charge in [-0.2, -0.15) is 5.10 Å². The number of aliphatic hydroxyl groups excluding tert-OH is 1. The number of aromatic nitrogens is 4. The van der Waals surface area contributed by atoms with Crippen LogP contribution >= 0.6 is 12.4 Å². The molecular weight excluding hydrogens is 411 g/mol. The molecule has 12 heteroatoms. The highest BCUT2D eigenvalue weighted by Gasteiger charge is 2.32. The summed E-state index contributed by atoms with van der Waals surface area (Å²) in [6.07, 6.45) is 3.78. The number of hydrogen-bond acceptors (Lipinski definition) is 8. The van der Waals surface area contributed by atoms with E-state index in [-0.39, 0.29) is 30.2 Å². The molecule has 0 unspecified atom stereocenters. The van der Waals surface area contributed by atoms with E-state index in [0.29, 0.717) is 36.4 Å². The van der Waals surface area contributed by atoms with E-state index < -0.39 is 7.12 Å². The van der Waals surface area contributed by atoms with Crippen LogP contribution in [0.4, 0.5) is 5.82 Å². The summed E-state index contributed by atoms with van der Waals surface area (Å²) in [5, 5.41) is 25.3. The molecule has 3 N–H and O–H groups in total. The van der Waals surface area contributed by atoms with Gasteiger partial charge in [0.2, 0.25) is 0 Å². The molecule has 1 aromatic carbocycles. The van der Waals surface area contributed by atoms with Gasteiger partial charge in [-0.15, -0.1) is 12.4 Å². The van der Waals surface area contributed by atoms with Crippen molar-refractivity contribution in [2.24, 2.45) is 5.10 Å². The van der Waals surface area contributed by atoms with Crippen molar-refractivity contribution < 1.29 is 14.8 Å². The summed E-state index contributed by atoms with van der Waals surface area (Å²) >= 11 is 0. The lowest BCUT2D eigenvalue weighted by molar-refractivity contribution is 0.0487. The molecule has 1 fully saturated rings. The Kier molecular flexibility index (Phi) is 5.37. The zero-order valence-corrected chi connectivity index (χ0v) is 16.9. The van der Waals surface area contributed by atoms with Crippen molar-refractivity contribution >= 4 is 48.2 Å². The van der Waals surface area contributed by atoms with Crippen molar-refractivity contribution in [1.29, 1.82) is 0 Å². The molecule has 0 amide bonds. The number of nitrogens with one attached hydrogen (secondary N) is 1. The Morgan fingerprint density at radius 1 is 1.40 bits per heavy atom. The molecule has 1 aliphatic carbocycles. The maximum atomic E-state index is 12.4. The van der Waals surface area contributed by atoms with Gasteiger partial charge in [0.15, 0.2) is 11.5 Å². The van der Waals surface area contributed by atoms with E-state index in [2.05, 4.69) is 20.1 Å². The molecule has 156 valence electrons. The molecule has 0 saturated heterocycles. The molecule has 0 bridgehead atoms. The minimum Gasteiger partial charge on any atom is -0.423 e. The molecule has 2 aliphatic rings. The number of nitrogens with zero attached hydrogens (tertiary/aromatic N) is 5. The SMILES string of the molecule is CN(/N=C/c1ccc2c(c1)COB2O)c1ncnc2c1[nH]c(=O)n2C1CC(O)C1.Cl. The van der Waals surface area contributed by atoms with Crippen molar-refractivity contribution in [3.8, 4) is 0 Å². The van der Waals surface area contributed by atoms with Gasteiger partial charge in [0, 0.05) is 13.1 Å². The normalized spacial score (nSPS) is 20.3. The summed E-state index contributed by atoms with van der Waals surface area (Å²) in [6.45, 7) is 0.366. The first-order chi connectivity index (χ1) is 14.0. The molecule has 5 rings (SSSR count). The van der Waals surface area contributed by atoms with Gasteiger partial charge in [-0.25, -0.2) is 19.8 Å². The molecule has 3 heterocycles. The minimum absolute atomic E-state index is 0. The fourth-order valence-electron chi connectivity index (χ4n) is 3.82. The lowest BCUT2D eigenvalue weighted by Crippen LogP contribution is -2.35. The maximum absolute atomic E-state index is 12.4. The number of imidazole rings is 1. The topological polar surface area (TPSA) is 129 Å². The second kappa shape index (κ2) is 7.84. The molecule has 0 atom stereocenters. The monoisotopic (exact) mass is 430 g/mol. The second-order valence-electron chi connectivity index (χ2n) is 7.36. The van der Waals surface area contributed by atoms with Crippen LogP contribution < -0.4 is 16.2 Å². The Balaban J connectivity index is 0.00000218. The van der Waals surface area contributed by atoms with Crippen LogP contribution in [-0.2, 0) is 11.3 Å². The van der Waals surface area contributed by atoms with Crippen LogP contribution in [0.1, 0.15) is 30.0 Å². The third kappa shape index (κ3) is 3.39. The number of aromatic amines is 1. The molecule has 0 radical (unpaired) electrons. The van der Waals surface area contributed by atoms with Gasteiger partial charge in [0.05, 0.1) is 18.9 Å². The summed E-state index contributed by atoms with van der Waals surface area (Å²) in [6, 6.07) is 5.52. The highest BCUT2D eigenvalue weighted by molar-refractivity contribution is 6.61. The van der Waals surface area contributed by atoms with Gasteiger partial charge >= 0.3 is 12.8 Å². The highest BCUT2D eigenvalue weighted by atomic mass is 35.5. The van der Waals surface area contributed by atoms with E-state index in [1.807, 2.05) is 18.2 Å². The third-order valence-corrected chi connectivity index (χ3v) is 5.46. The average Bonchev–Trinajstić information content (AvgIpc) is 3.22. The molecule has 3 aromatic rings. The first-order valence-corrected chi connectivity index (χ1v) is 9.34. The van der Waals surface area contributed by atoms with Crippen LogP contribution in [0.15, 0.2) is 34.4 Å². The number of rotatable bonds is 4. The van der Waals surface area contributed by atoms with E-state index >= 15 is 0 Å². The van der Waals surface area contributed by atoms with Crippen LogP contribution in [0.5, 0.6) is 0 Å². The van der Waals surface area contributed by atoms with Gasteiger partial charge in [0.25, 0.3) is 0 Å². The highest BCUT2D eigenvalue weighted by Crippen LogP contribution is 2.33. The Morgan fingerprint density at radius 2 is 2.20 bits per heavy atom. The largest absolute Gasteiger partial charge is 0.491 e. The number of aliphatic hydroxyl groups is 1. The van der Waals surface area contributed by atoms with E-state index in [9.17, 15) is 14.9 Å². The molecule has 2 aromatic heterocycles. The Hall–Kier alpha value is -2.73. The van der Waals surface area contributed by atoms with E-state index in [1.165, 1.54) is 6.33 Å². The first-order valence-electron chi connectivity index (χ1n) is 9.34. The minimum atomic E-state index is -0.870. The third-order valence-electron chi connectivity index (χ3n) is 5.46. The summed E-state index contributed by atoms with van der Waals surface area (Å²) in [5.74, 6) is 0.474. The number of fused-ring (bicyclic) bond motifs is 2. The number of hydrogen-bond donors (Lipinski definition) is 3. The number of hydrazone groups is 1. The van der Waals surface area contributed by atoms with Crippen molar-refractivity contribution in [3.63, 3.8) is 0 Å². The van der Waals surface area contributed by atoms with Gasteiger partial charge in [-0.3, -0.25) is 4.57 Å². The molecule has 30 heavy (non-hydrogen) atoms. The quantitative estimate of drug-likeness (QED) is 0.300. The zero-order valence-electron chi connectivity index (χ0n) is 16.1. The second-order valence-corrected chi connectivity index (χ2v) is 7.36. The Labute approximate surface area is 177 Å². The van der Waals surface area contributed by atoms with E-state index in [0.717, 1.165) is 16.6 Å².